The van der Waals surface area contributed by atoms with Crippen LogP contribution in [0.1, 0.15) is 5.56 Å². The molecule has 0 aliphatic carbocycles. The summed E-state index contributed by atoms with van der Waals surface area (Å²) in [6, 6.07) is 5.60. The smallest absolute Gasteiger partial charge is 0.289 e. The number of aliphatic hydroxyl groups excluding tert-OH is 1. The molecular formula is C19H15F2N5O3. The molecule has 4 rings (SSSR count). The van der Waals surface area contributed by atoms with E-state index in [1.807, 2.05) is 6.07 Å². The summed E-state index contributed by atoms with van der Waals surface area (Å²) in [6.07, 6.45) is 2.84. The van der Waals surface area contributed by atoms with Crippen LogP contribution in [0.3, 0.4) is 0 Å². The SMILES string of the molecule is N#Cc1c[nH]c2nccc(Oc3c(F)cc(NC4=NC[C@H](CO)CO4)cc3F)c12. The average Bonchev–Trinajstić information content (AvgIpc) is 3.15. The van der Waals surface area contributed by atoms with E-state index >= 15 is 0 Å². The lowest BCUT2D eigenvalue weighted by Gasteiger charge is -2.21. The highest BCUT2D eigenvalue weighted by Gasteiger charge is 2.20. The predicted molar refractivity (Wildman–Crippen MR) is 99.7 cm³/mol. The Kier molecular flexibility index (Phi) is 4.97. The van der Waals surface area contributed by atoms with Crippen molar-refractivity contribution < 1.29 is 23.4 Å². The second kappa shape index (κ2) is 7.73. The van der Waals surface area contributed by atoms with Gasteiger partial charge in [-0.3, -0.25) is 0 Å². The predicted octanol–water partition coefficient (Wildman–Crippen LogP) is 2.91. The van der Waals surface area contributed by atoms with Crippen LogP contribution >= 0.6 is 0 Å². The van der Waals surface area contributed by atoms with E-state index in [9.17, 15) is 14.0 Å². The second-order valence-corrected chi connectivity index (χ2v) is 6.35. The number of aromatic nitrogens is 2. The van der Waals surface area contributed by atoms with Crippen molar-refractivity contribution in [3.05, 3.63) is 47.8 Å². The van der Waals surface area contributed by atoms with E-state index in [4.69, 9.17) is 14.6 Å². The summed E-state index contributed by atoms with van der Waals surface area (Å²) < 4.78 is 39.9. The fourth-order valence-electron chi connectivity index (χ4n) is 2.86. The summed E-state index contributed by atoms with van der Waals surface area (Å²) in [4.78, 5) is 10.9. The average molecular weight is 399 g/mol. The zero-order chi connectivity index (χ0) is 20.4. The molecular weight excluding hydrogens is 384 g/mol. The molecule has 0 saturated carbocycles. The number of aromatic amines is 1. The van der Waals surface area contributed by atoms with Crippen LogP contribution in [0.25, 0.3) is 11.0 Å². The van der Waals surface area contributed by atoms with Crippen molar-refractivity contribution in [2.24, 2.45) is 10.9 Å². The third-order valence-corrected chi connectivity index (χ3v) is 4.32. The topological polar surface area (TPSA) is 116 Å². The van der Waals surface area contributed by atoms with Crippen molar-refractivity contribution in [3.63, 3.8) is 0 Å². The summed E-state index contributed by atoms with van der Waals surface area (Å²) >= 11 is 0. The monoisotopic (exact) mass is 399 g/mol. The molecule has 3 aromatic rings. The Morgan fingerprint density at radius 3 is 2.83 bits per heavy atom. The molecule has 0 unspecified atom stereocenters. The zero-order valence-electron chi connectivity index (χ0n) is 14.9. The number of nitriles is 1. The summed E-state index contributed by atoms with van der Waals surface area (Å²) in [5.41, 5.74) is 0.704. The first-order chi connectivity index (χ1) is 14.1. The van der Waals surface area contributed by atoms with Crippen LogP contribution in [-0.2, 0) is 4.74 Å². The molecule has 1 aliphatic heterocycles. The van der Waals surface area contributed by atoms with Gasteiger partial charge in [-0.05, 0) is 6.07 Å². The molecule has 1 aromatic carbocycles. The van der Waals surface area contributed by atoms with Crippen molar-refractivity contribution in [1.82, 2.24) is 9.97 Å². The lowest BCUT2D eigenvalue weighted by molar-refractivity contribution is 0.148. The number of pyridine rings is 1. The maximum atomic E-state index is 14.6. The minimum Gasteiger partial charge on any atom is -0.465 e. The van der Waals surface area contributed by atoms with Gasteiger partial charge in [-0.25, -0.2) is 18.8 Å². The van der Waals surface area contributed by atoms with E-state index in [1.54, 1.807) is 0 Å². The highest BCUT2D eigenvalue weighted by molar-refractivity contribution is 5.90. The van der Waals surface area contributed by atoms with Crippen LogP contribution in [0, 0.1) is 28.9 Å². The molecule has 10 heteroatoms. The number of H-pyrrole nitrogens is 1. The molecule has 1 atom stereocenters. The quantitative estimate of drug-likeness (QED) is 0.621. The fraction of sp³-hybridized carbons (Fsp3) is 0.211. The van der Waals surface area contributed by atoms with Gasteiger partial charge in [-0.15, -0.1) is 0 Å². The number of nitrogens with one attached hydrogen (secondary N) is 2. The van der Waals surface area contributed by atoms with Gasteiger partial charge in [0.15, 0.2) is 17.4 Å². The third-order valence-electron chi connectivity index (χ3n) is 4.32. The Hall–Kier alpha value is -3.71. The lowest BCUT2D eigenvalue weighted by Crippen LogP contribution is -2.29. The van der Waals surface area contributed by atoms with Gasteiger partial charge in [0.1, 0.15) is 17.5 Å². The maximum Gasteiger partial charge on any atom is 0.289 e. The van der Waals surface area contributed by atoms with Gasteiger partial charge >= 0.3 is 0 Å². The molecule has 2 aromatic heterocycles. The number of rotatable bonds is 4. The largest absolute Gasteiger partial charge is 0.465 e. The van der Waals surface area contributed by atoms with Crippen LogP contribution in [0.5, 0.6) is 11.5 Å². The zero-order valence-corrected chi connectivity index (χ0v) is 14.9. The number of hydrogen-bond donors (Lipinski definition) is 3. The Morgan fingerprint density at radius 1 is 1.38 bits per heavy atom. The van der Waals surface area contributed by atoms with E-state index in [-0.39, 0.29) is 42.2 Å². The summed E-state index contributed by atoms with van der Waals surface area (Å²) in [7, 11) is 0. The molecule has 3 heterocycles. The van der Waals surface area contributed by atoms with E-state index in [0.29, 0.717) is 17.6 Å². The van der Waals surface area contributed by atoms with Crippen molar-refractivity contribution in [2.75, 3.05) is 25.1 Å². The fourth-order valence-corrected chi connectivity index (χ4v) is 2.86. The van der Waals surface area contributed by atoms with Gasteiger partial charge in [0.25, 0.3) is 6.02 Å². The van der Waals surface area contributed by atoms with Gasteiger partial charge < -0.3 is 24.9 Å². The number of halogens is 2. The normalized spacial score (nSPS) is 16.1. The number of aliphatic imine (C=N–C) groups is 1. The van der Waals surface area contributed by atoms with Crippen molar-refractivity contribution in [3.8, 4) is 17.6 Å². The van der Waals surface area contributed by atoms with E-state index in [1.165, 1.54) is 18.5 Å². The van der Waals surface area contributed by atoms with E-state index in [0.717, 1.165) is 12.1 Å². The highest BCUT2D eigenvalue weighted by atomic mass is 19.1. The molecule has 0 radical (unpaired) electrons. The van der Waals surface area contributed by atoms with Crippen molar-refractivity contribution >= 4 is 22.7 Å². The second-order valence-electron chi connectivity index (χ2n) is 6.35. The number of benzene rings is 1. The molecule has 148 valence electrons. The molecule has 0 bridgehead atoms. The minimum absolute atomic E-state index is 0.0526. The molecule has 0 fully saturated rings. The number of amidine groups is 1. The van der Waals surface area contributed by atoms with Gasteiger partial charge in [0.05, 0.1) is 30.7 Å². The Labute approximate surface area is 163 Å². The Morgan fingerprint density at radius 2 is 2.17 bits per heavy atom. The molecule has 3 N–H and O–H groups in total. The Balaban J connectivity index is 1.60. The van der Waals surface area contributed by atoms with Crippen LogP contribution in [-0.4, -0.2) is 40.9 Å². The molecule has 29 heavy (non-hydrogen) atoms. The van der Waals surface area contributed by atoms with Crippen LogP contribution in [0.2, 0.25) is 0 Å². The van der Waals surface area contributed by atoms with Crippen molar-refractivity contribution in [2.45, 2.75) is 0 Å². The first kappa shape index (κ1) is 18.6. The maximum absolute atomic E-state index is 14.6. The molecule has 0 saturated heterocycles. The van der Waals surface area contributed by atoms with Crippen molar-refractivity contribution in [1.29, 1.82) is 5.26 Å². The first-order valence-electron chi connectivity index (χ1n) is 8.67. The number of aliphatic hydroxyl groups is 1. The highest BCUT2D eigenvalue weighted by Crippen LogP contribution is 2.35. The van der Waals surface area contributed by atoms with Crippen LogP contribution < -0.4 is 10.1 Å². The summed E-state index contributed by atoms with van der Waals surface area (Å²) in [5.74, 6) is -2.51. The number of hydrogen-bond acceptors (Lipinski definition) is 7. The number of anilines is 1. The number of ether oxygens (including phenoxy) is 2. The van der Waals surface area contributed by atoms with Crippen LogP contribution in [0.15, 0.2) is 35.6 Å². The third kappa shape index (κ3) is 3.68. The number of fused-ring (bicyclic) bond motifs is 1. The first-order valence-corrected chi connectivity index (χ1v) is 8.67. The van der Waals surface area contributed by atoms with E-state index < -0.39 is 17.4 Å². The van der Waals surface area contributed by atoms with Gasteiger partial charge in [0, 0.05) is 36.1 Å². The molecule has 1 aliphatic rings. The summed E-state index contributed by atoms with van der Waals surface area (Å²) in [6.45, 7) is 0.550. The van der Waals surface area contributed by atoms with E-state index in [2.05, 4.69) is 20.3 Å². The Bertz CT molecular complexity index is 1120. The van der Waals surface area contributed by atoms with Crippen LogP contribution in [0.4, 0.5) is 14.5 Å². The molecule has 0 amide bonds. The van der Waals surface area contributed by atoms with Gasteiger partial charge in [0.2, 0.25) is 0 Å². The standard InChI is InChI=1S/C19H15F2N5O3/c20-13-3-12(26-19-25-6-10(8-27)9-28-19)4-14(21)17(13)29-15-1-2-23-18-16(15)11(5-22)7-24-18/h1-4,7,10,27H,6,8-9H2,(H,23,24)(H,25,26)/t10-/m1/s1. The van der Waals surface area contributed by atoms with Gasteiger partial charge in [-0.1, -0.05) is 0 Å². The summed E-state index contributed by atoms with van der Waals surface area (Å²) in [5, 5.41) is 21.3. The molecule has 8 nitrogen and oxygen atoms in total. The van der Waals surface area contributed by atoms with Gasteiger partial charge in [-0.2, -0.15) is 5.26 Å². The molecule has 0 spiro atoms. The number of nitrogens with zero attached hydrogens (tertiary/aromatic N) is 3. The lowest BCUT2D eigenvalue weighted by atomic mass is 10.2. The minimum atomic E-state index is -0.948.